The van der Waals surface area contributed by atoms with Gasteiger partial charge >= 0.3 is 0 Å². The van der Waals surface area contributed by atoms with E-state index < -0.39 is 0 Å². The molecule has 0 aromatic rings. The molecule has 0 rings (SSSR count). The first-order valence-corrected chi connectivity index (χ1v) is 4.18. The zero-order valence-corrected chi connectivity index (χ0v) is 7.80. The lowest BCUT2D eigenvalue weighted by Crippen LogP contribution is -1.88. The minimum atomic E-state index is 0.581. The Hall–Kier alpha value is -0.780. The fourth-order valence-corrected chi connectivity index (χ4v) is 0.962. The van der Waals surface area contributed by atoms with E-state index in [1.54, 1.807) is 0 Å². The van der Waals surface area contributed by atoms with Gasteiger partial charge in [-0.25, -0.2) is 0 Å². The normalized spacial score (nSPS) is 15.4. The molecular formula is C11H18. The van der Waals surface area contributed by atoms with Crippen LogP contribution in [0, 0.1) is 5.92 Å². The van der Waals surface area contributed by atoms with Crippen molar-refractivity contribution in [1.29, 1.82) is 0 Å². The average molecular weight is 150 g/mol. The van der Waals surface area contributed by atoms with Crippen molar-refractivity contribution < 1.29 is 0 Å². The zero-order chi connectivity index (χ0) is 8.69. The molecule has 0 saturated heterocycles. The molecule has 62 valence electrons. The number of hydrogen-bond donors (Lipinski definition) is 0. The average Bonchev–Trinajstić information content (AvgIpc) is 2.03. The first-order valence-electron chi connectivity index (χ1n) is 4.18. The van der Waals surface area contributed by atoms with E-state index in [1.165, 1.54) is 5.57 Å². The number of rotatable bonds is 4. The van der Waals surface area contributed by atoms with Crippen LogP contribution in [-0.4, -0.2) is 0 Å². The quantitative estimate of drug-likeness (QED) is 0.423. The van der Waals surface area contributed by atoms with Crippen LogP contribution in [0.1, 0.15) is 27.2 Å². The summed E-state index contributed by atoms with van der Waals surface area (Å²) in [5.74, 6) is 0.581. The Bertz CT molecular complexity index is 161. The Morgan fingerprint density at radius 2 is 2.18 bits per heavy atom. The molecule has 0 saturated carbocycles. The maximum absolute atomic E-state index is 3.72. The third-order valence-corrected chi connectivity index (χ3v) is 1.71. The molecule has 0 fully saturated rings. The van der Waals surface area contributed by atoms with E-state index in [-0.39, 0.29) is 0 Å². The Balaban J connectivity index is 4.16. The maximum atomic E-state index is 3.72. The summed E-state index contributed by atoms with van der Waals surface area (Å²) >= 11 is 0. The van der Waals surface area contributed by atoms with Crippen LogP contribution in [0.2, 0.25) is 0 Å². The predicted octanol–water partition coefficient (Wildman–Crippen LogP) is 3.72. The Kier molecular flexibility index (Phi) is 5.54. The van der Waals surface area contributed by atoms with Gasteiger partial charge in [-0.15, -0.1) is 0 Å². The molecule has 0 heteroatoms. The standard InChI is InChI=1S/C11H18/c1-5-8-11(7-3)9-10(4)6-2/h5-6,8-9,11H,2,7H2,1,3-4H3. The van der Waals surface area contributed by atoms with E-state index in [4.69, 9.17) is 0 Å². The van der Waals surface area contributed by atoms with Gasteiger partial charge in [-0.3, -0.25) is 0 Å². The van der Waals surface area contributed by atoms with E-state index in [2.05, 4.69) is 45.6 Å². The van der Waals surface area contributed by atoms with E-state index in [9.17, 15) is 0 Å². The highest BCUT2D eigenvalue weighted by molar-refractivity contribution is 5.16. The molecule has 0 spiro atoms. The smallest absolute Gasteiger partial charge is 0.00505 e. The monoisotopic (exact) mass is 150 g/mol. The summed E-state index contributed by atoms with van der Waals surface area (Å²) in [5.41, 5.74) is 1.26. The van der Waals surface area contributed by atoms with Crippen molar-refractivity contribution in [1.82, 2.24) is 0 Å². The van der Waals surface area contributed by atoms with E-state index in [0.29, 0.717) is 5.92 Å². The van der Waals surface area contributed by atoms with Crippen molar-refractivity contribution in [3.05, 3.63) is 36.5 Å². The number of hydrogen-bond acceptors (Lipinski definition) is 0. The molecule has 0 N–H and O–H groups in total. The summed E-state index contributed by atoms with van der Waals surface area (Å²) in [6.45, 7) is 10.0. The predicted molar refractivity (Wildman–Crippen MR) is 52.5 cm³/mol. The highest BCUT2D eigenvalue weighted by Gasteiger charge is 1.94. The minimum absolute atomic E-state index is 0.581. The van der Waals surface area contributed by atoms with Crippen molar-refractivity contribution in [3.63, 3.8) is 0 Å². The SMILES string of the molecule is C=CC(C)=CC(C=CC)CC. The minimum Gasteiger partial charge on any atom is -0.0988 e. The summed E-state index contributed by atoms with van der Waals surface area (Å²) in [6.07, 6.45) is 9.61. The van der Waals surface area contributed by atoms with Crippen molar-refractivity contribution in [2.45, 2.75) is 27.2 Å². The van der Waals surface area contributed by atoms with Gasteiger partial charge in [0.25, 0.3) is 0 Å². The van der Waals surface area contributed by atoms with Gasteiger partial charge in [-0.1, -0.05) is 43.4 Å². The molecule has 0 bridgehead atoms. The number of allylic oxidation sites excluding steroid dienone is 5. The summed E-state index contributed by atoms with van der Waals surface area (Å²) in [7, 11) is 0. The highest BCUT2D eigenvalue weighted by Crippen LogP contribution is 2.09. The van der Waals surface area contributed by atoms with Crippen LogP contribution in [0.25, 0.3) is 0 Å². The molecule has 1 atom stereocenters. The molecule has 0 aliphatic rings. The first kappa shape index (κ1) is 10.2. The van der Waals surface area contributed by atoms with Crippen LogP contribution in [0.15, 0.2) is 36.5 Å². The third-order valence-electron chi connectivity index (χ3n) is 1.71. The van der Waals surface area contributed by atoms with Gasteiger partial charge in [0.15, 0.2) is 0 Å². The Labute approximate surface area is 70.3 Å². The van der Waals surface area contributed by atoms with E-state index >= 15 is 0 Å². The van der Waals surface area contributed by atoms with Gasteiger partial charge in [0, 0.05) is 0 Å². The van der Waals surface area contributed by atoms with Crippen LogP contribution < -0.4 is 0 Å². The lowest BCUT2D eigenvalue weighted by molar-refractivity contribution is 0.768. The molecule has 0 aromatic heterocycles. The molecular weight excluding hydrogens is 132 g/mol. The fourth-order valence-electron chi connectivity index (χ4n) is 0.962. The zero-order valence-electron chi connectivity index (χ0n) is 7.80. The van der Waals surface area contributed by atoms with E-state index in [0.717, 1.165) is 6.42 Å². The second kappa shape index (κ2) is 5.96. The molecule has 0 radical (unpaired) electrons. The second-order valence-electron chi connectivity index (χ2n) is 2.71. The van der Waals surface area contributed by atoms with Crippen LogP contribution in [0.3, 0.4) is 0 Å². The van der Waals surface area contributed by atoms with Gasteiger partial charge < -0.3 is 0 Å². The van der Waals surface area contributed by atoms with Gasteiger partial charge in [0.1, 0.15) is 0 Å². The summed E-state index contributed by atoms with van der Waals surface area (Å²) in [6, 6.07) is 0. The summed E-state index contributed by atoms with van der Waals surface area (Å²) in [5, 5.41) is 0. The molecule has 0 aliphatic carbocycles. The Morgan fingerprint density at radius 1 is 1.55 bits per heavy atom. The maximum Gasteiger partial charge on any atom is -0.00505 e. The molecule has 0 aromatic carbocycles. The van der Waals surface area contributed by atoms with Crippen LogP contribution >= 0.6 is 0 Å². The molecule has 0 aliphatic heterocycles. The van der Waals surface area contributed by atoms with Gasteiger partial charge in [-0.2, -0.15) is 0 Å². The first-order chi connectivity index (χ1) is 5.24. The highest BCUT2D eigenvalue weighted by atomic mass is 14.0. The van der Waals surface area contributed by atoms with Crippen molar-refractivity contribution in [2.75, 3.05) is 0 Å². The van der Waals surface area contributed by atoms with Crippen LogP contribution in [0.4, 0.5) is 0 Å². The lowest BCUT2D eigenvalue weighted by atomic mass is 10.0. The van der Waals surface area contributed by atoms with Gasteiger partial charge in [0.05, 0.1) is 0 Å². The lowest BCUT2D eigenvalue weighted by Gasteiger charge is -2.03. The third kappa shape index (κ3) is 4.60. The molecule has 0 heterocycles. The molecule has 0 amide bonds. The molecule has 0 nitrogen and oxygen atoms in total. The van der Waals surface area contributed by atoms with Crippen LogP contribution in [-0.2, 0) is 0 Å². The Morgan fingerprint density at radius 3 is 2.55 bits per heavy atom. The summed E-state index contributed by atoms with van der Waals surface area (Å²) < 4.78 is 0. The van der Waals surface area contributed by atoms with Gasteiger partial charge in [-0.05, 0) is 26.2 Å². The molecule has 1 unspecified atom stereocenters. The second-order valence-corrected chi connectivity index (χ2v) is 2.71. The van der Waals surface area contributed by atoms with Crippen molar-refractivity contribution in [2.24, 2.45) is 5.92 Å². The molecule has 11 heavy (non-hydrogen) atoms. The summed E-state index contributed by atoms with van der Waals surface area (Å²) in [4.78, 5) is 0. The fraction of sp³-hybridized carbons (Fsp3) is 0.455. The van der Waals surface area contributed by atoms with Crippen molar-refractivity contribution in [3.8, 4) is 0 Å². The van der Waals surface area contributed by atoms with Crippen molar-refractivity contribution >= 4 is 0 Å². The van der Waals surface area contributed by atoms with Crippen LogP contribution in [0.5, 0.6) is 0 Å². The van der Waals surface area contributed by atoms with Gasteiger partial charge in [0.2, 0.25) is 0 Å². The van der Waals surface area contributed by atoms with E-state index in [1.807, 2.05) is 6.08 Å². The largest absolute Gasteiger partial charge is 0.0988 e. The topological polar surface area (TPSA) is 0 Å².